The van der Waals surface area contributed by atoms with Crippen molar-refractivity contribution in [2.45, 2.75) is 71.1 Å². The van der Waals surface area contributed by atoms with Crippen LogP contribution in [-0.2, 0) is 4.79 Å². The number of amides is 1. The van der Waals surface area contributed by atoms with Crippen LogP contribution in [0.4, 0.5) is 0 Å². The molecule has 1 aromatic carbocycles. The average Bonchev–Trinajstić information content (AvgIpc) is 2.63. The van der Waals surface area contributed by atoms with Crippen molar-refractivity contribution in [3.63, 3.8) is 0 Å². The molecule has 0 saturated carbocycles. The lowest BCUT2D eigenvalue weighted by molar-refractivity contribution is -0.116. The number of nitrogens with one attached hydrogen (secondary N) is 1. The Labute approximate surface area is 156 Å². The second-order valence-electron chi connectivity index (χ2n) is 6.68. The van der Waals surface area contributed by atoms with Gasteiger partial charge in [-0.15, -0.1) is 0 Å². The predicted octanol–water partition coefficient (Wildman–Crippen LogP) is 4.85. The van der Waals surface area contributed by atoms with Crippen LogP contribution in [0.2, 0.25) is 0 Å². The first-order valence-corrected chi connectivity index (χ1v) is 9.76. The van der Waals surface area contributed by atoms with E-state index in [1.165, 1.54) is 75.7 Å². The van der Waals surface area contributed by atoms with Crippen molar-refractivity contribution < 1.29 is 20.1 Å². The summed E-state index contributed by atoms with van der Waals surface area (Å²) in [5, 5.41) is 31.2. The maximum absolute atomic E-state index is 11.7. The molecule has 146 valence electrons. The molecule has 0 fully saturated rings. The summed E-state index contributed by atoms with van der Waals surface area (Å²) in [6.45, 7) is 2.86. The molecular weight excluding hydrogens is 330 g/mol. The van der Waals surface area contributed by atoms with E-state index < -0.39 is 17.2 Å². The molecule has 0 heterocycles. The Morgan fingerprint density at radius 3 is 2.08 bits per heavy atom. The molecule has 0 aliphatic heterocycles. The molecule has 0 saturated heterocycles. The first-order valence-electron chi connectivity index (χ1n) is 9.76. The summed E-state index contributed by atoms with van der Waals surface area (Å²) in [7, 11) is 0. The highest BCUT2D eigenvalue weighted by atomic mass is 16.3. The molecule has 4 N–H and O–H groups in total. The highest BCUT2D eigenvalue weighted by Crippen LogP contribution is 2.37. The Morgan fingerprint density at radius 1 is 0.885 bits per heavy atom. The number of hydrogen-bond acceptors (Lipinski definition) is 4. The van der Waals surface area contributed by atoms with Crippen molar-refractivity contribution >= 4 is 12.0 Å². The van der Waals surface area contributed by atoms with Gasteiger partial charge in [0, 0.05) is 18.2 Å². The SMILES string of the molecule is CCCCCCCCCCCCNC(=O)/C=C/c1ccc(O)c(O)c1O. The summed E-state index contributed by atoms with van der Waals surface area (Å²) in [6.07, 6.45) is 15.3. The van der Waals surface area contributed by atoms with E-state index in [4.69, 9.17) is 0 Å². The Bertz CT molecular complexity index is 569. The maximum Gasteiger partial charge on any atom is 0.244 e. The molecule has 1 rings (SSSR count). The first kappa shape index (κ1) is 21.9. The molecule has 0 aliphatic rings. The maximum atomic E-state index is 11.7. The van der Waals surface area contributed by atoms with Crippen LogP contribution in [0.3, 0.4) is 0 Å². The van der Waals surface area contributed by atoms with Crippen molar-refractivity contribution in [2.75, 3.05) is 6.54 Å². The molecule has 1 aromatic rings. The standard InChI is InChI=1S/C21H33NO4/c1-2-3-4-5-6-7-8-9-10-11-16-22-19(24)15-13-17-12-14-18(23)21(26)20(17)25/h12-15,23,25-26H,2-11,16H2,1H3,(H,22,24)/b15-13+. The van der Waals surface area contributed by atoms with E-state index >= 15 is 0 Å². The topological polar surface area (TPSA) is 89.8 Å². The first-order chi connectivity index (χ1) is 12.6. The van der Waals surface area contributed by atoms with Crippen LogP contribution in [0, 0.1) is 0 Å². The van der Waals surface area contributed by atoms with E-state index in [9.17, 15) is 20.1 Å². The van der Waals surface area contributed by atoms with Gasteiger partial charge in [0.15, 0.2) is 11.5 Å². The van der Waals surface area contributed by atoms with Gasteiger partial charge in [0.1, 0.15) is 0 Å². The summed E-state index contributed by atoms with van der Waals surface area (Å²) >= 11 is 0. The average molecular weight is 363 g/mol. The fourth-order valence-corrected chi connectivity index (χ4v) is 2.77. The van der Waals surface area contributed by atoms with Crippen LogP contribution < -0.4 is 5.32 Å². The summed E-state index contributed by atoms with van der Waals surface area (Å²) < 4.78 is 0. The highest BCUT2D eigenvalue weighted by molar-refractivity contribution is 5.92. The van der Waals surface area contributed by atoms with E-state index in [-0.39, 0.29) is 11.5 Å². The fraction of sp³-hybridized carbons (Fsp3) is 0.571. The van der Waals surface area contributed by atoms with Crippen molar-refractivity contribution in [1.82, 2.24) is 5.32 Å². The number of aromatic hydroxyl groups is 3. The van der Waals surface area contributed by atoms with Gasteiger partial charge in [0.05, 0.1) is 0 Å². The monoisotopic (exact) mass is 363 g/mol. The van der Waals surface area contributed by atoms with Gasteiger partial charge in [-0.2, -0.15) is 0 Å². The van der Waals surface area contributed by atoms with Gasteiger partial charge < -0.3 is 20.6 Å². The summed E-state index contributed by atoms with van der Waals surface area (Å²) in [5.74, 6) is -1.67. The molecule has 0 aromatic heterocycles. The number of phenolic OH excluding ortho intramolecular Hbond substituents is 3. The van der Waals surface area contributed by atoms with E-state index in [0.717, 1.165) is 12.8 Å². The van der Waals surface area contributed by atoms with Crippen LogP contribution in [0.25, 0.3) is 6.08 Å². The van der Waals surface area contributed by atoms with Crippen molar-refractivity contribution in [3.8, 4) is 17.2 Å². The Kier molecular flexibility index (Phi) is 11.0. The number of carbonyl (C=O) groups excluding carboxylic acids is 1. The van der Waals surface area contributed by atoms with Crippen molar-refractivity contribution in [2.24, 2.45) is 0 Å². The van der Waals surface area contributed by atoms with Crippen LogP contribution in [0.1, 0.15) is 76.7 Å². The molecule has 0 unspecified atom stereocenters. The Balaban J connectivity index is 2.09. The second-order valence-corrected chi connectivity index (χ2v) is 6.68. The van der Waals surface area contributed by atoms with Gasteiger partial charge in [0.25, 0.3) is 0 Å². The largest absolute Gasteiger partial charge is 0.504 e. The third-order valence-electron chi connectivity index (χ3n) is 4.40. The number of benzene rings is 1. The van der Waals surface area contributed by atoms with Crippen LogP contribution >= 0.6 is 0 Å². The van der Waals surface area contributed by atoms with Gasteiger partial charge in [-0.3, -0.25) is 4.79 Å². The predicted molar refractivity (Wildman–Crippen MR) is 105 cm³/mol. The minimum atomic E-state index is -0.585. The van der Waals surface area contributed by atoms with Crippen LogP contribution in [0.5, 0.6) is 17.2 Å². The highest BCUT2D eigenvalue weighted by Gasteiger charge is 2.08. The molecule has 5 nitrogen and oxygen atoms in total. The number of rotatable bonds is 13. The molecule has 1 amide bonds. The van der Waals surface area contributed by atoms with Crippen LogP contribution in [0.15, 0.2) is 18.2 Å². The lowest BCUT2D eigenvalue weighted by atomic mass is 10.1. The van der Waals surface area contributed by atoms with Gasteiger partial charge in [-0.05, 0) is 24.6 Å². The van der Waals surface area contributed by atoms with E-state index in [0.29, 0.717) is 6.54 Å². The molecule has 0 aliphatic carbocycles. The van der Waals surface area contributed by atoms with Gasteiger partial charge in [-0.25, -0.2) is 0 Å². The van der Waals surface area contributed by atoms with Gasteiger partial charge >= 0.3 is 0 Å². The summed E-state index contributed by atoms with van der Waals surface area (Å²) in [6, 6.07) is 2.69. The second kappa shape index (κ2) is 13.1. The zero-order valence-electron chi connectivity index (χ0n) is 15.8. The molecule has 0 radical (unpaired) electrons. The van der Waals surface area contributed by atoms with E-state index in [1.807, 2.05) is 0 Å². The molecule has 0 spiro atoms. The Morgan fingerprint density at radius 2 is 1.46 bits per heavy atom. The third kappa shape index (κ3) is 8.79. The number of hydrogen-bond donors (Lipinski definition) is 4. The third-order valence-corrected chi connectivity index (χ3v) is 4.40. The molecular formula is C21H33NO4. The van der Waals surface area contributed by atoms with Crippen LogP contribution in [-0.4, -0.2) is 27.8 Å². The molecule has 0 bridgehead atoms. The zero-order chi connectivity index (χ0) is 19.2. The van der Waals surface area contributed by atoms with Gasteiger partial charge in [-0.1, -0.05) is 64.7 Å². The van der Waals surface area contributed by atoms with Crippen molar-refractivity contribution in [3.05, 3.63) is 23.8 Å². The zero-order valence-corrected chi connectivity index (χ0v) is 15.8. The normalized spacial score (nSPS) is 11.1. The molecule has 0 atom stereocenters. The van der Waals surface area contributed by atoms with E-state index in [1.54, 1.807) is 0 Å². The summed E-state index contributed by atoms with van der Waals surface area (Å²) in [4.78, 5) is 11.7. The molecule has 5 heteroatoms. The quantitative estimate of drug-likeness (QED) is 0.229. The lowest BCUT2D eigenvalue weighted by Crippen LogP contribution is -2.21. The number of unbranched alkanes of at least 4 members (excludes halogenated alkanes) is 9. The van der Waals surface area contributed by atoms with E-state index in [2.05, 4.69) is 12.2 Å². The van der Waals surface area contributed by atoms with Crippen molar-refractivity contribution in [1.29, 1.82) is 0 Å². The smallest absolute Gasteiger partial charge is 0.244 e. The Hall–Kier alpha value is -2.17. The molecule has 26 heavy (non-hydrogen) atoms. The minimum Gasteiger partial charge on any atom is -0.504 e. The summed E-state index contributed by atoms with van der Waals surface area (Å²) in [5.41, 5.74) is 0.273. The van der Waals surface area contributed by atoms with Gasteiger partial charge in [0.2, 0.25) is 11.7 Å². The number of carbonyl (C=O) groups is 1. The lowest BCUT2D eigenvalue weighted by Gasteiger charge is -2.05. The number of phenols is 3. The minimum absolute atomic E-state index is 0.243. The fourth-order valence-electron chi connectivity index (χ4n) is 2.77.